The van der Waals surface area contributed by atoms with Gasteiger partial charge in [0.05, 0.1) is 16.8 Å². The summed E-state index contributed by atoms with van der Waals surface area (Å²) in [5, 5.41) is 9.24. The summed E-state index contributed by atoms with van der Waals surface area (Å²) in [5.41, 5.74) is 2.02. The minimum absolute atomic E-state index is 0.437. The fourth-order valence-corrected chi connectivity index (χ4v) is 3.02. The molecular formula is C15H17N5OS. The first kappa shape index (κ1) is 14.8. The topological polar surface area (TPSA) is 68.6 Å². The van der Waals surface area contributed by atoms with E-state index in [4.69, 9.17) is 4.74 Å². The Bertz CT molecular complexity index is 746. The summed E-state index contributed by atoms with van der Waals surface area (Å²) >= 11 is 1.59. The zero-order chi connectivity index (χ0) is 15.4. The Balaban J connectivity index is 1.76. The van der Waals surface area contributed by atoms with Gasteiger partial charge in [0, 0.05) is 13.7 Å². The molecule has 2 heterocycles. The van der Waals surface area contributed by atoms with E-state index >= 15 is 0 Å². The molecule has 0 amide bonds. The highest BCUT2D eigenvalue weighted by atomic mass is 32.2. The van der Waals surface area contributed by atoms with E-state index < -0.39 is 0 Å². The highest BCUT2D eigenvalue weighted by Crippen LogP contribution is 2.22. The molecule has 0 saturated carbocycles. The largest absolute Gasteiger partial charge is 0.377 e. The number of nitrogens with zero attached hydrogens (tertiary/aromatic N) is 4. The molecule has 2 aromatic heterocycles. The molecule has 6 nitrogen and oxygen atoms in total. The molecule has 1 aromatic carbocycles. The predicted octanol–water partition coefficient (Wildman–Crippen LogP) is 2.78. The molecule has 3 rings (SSSR count). The van der Waals surface area contributed by atoms with Crippen LogP contribution in [0.1, 0.15) is 11.6 Å². The Labute approximate surface area is 132 Å². The number of nitrogens with one attached hydrogen (secondary N) is 1. The number of thioether (sulfide) groups is 1. The van der Waals surface area contributed by atoms with Crippen molar-refractivity contribution >= 4 is 22.8 Å². The van der Waals surface area contributed by atoms with Crippen LogP contribution in [-0.2, 0) is 23.6 Å². The van der Waals surface area contributed by atoms with Gasteiger partial charge >= 0.3 is 0 Å². The smallest absolute Gasteiger partial charge is 0.192 e. The highest BCUT2D eigenvalue weighted by Gasteiger charge is 2.12. The van der Waals surface area contributed by atoms with Gasteiger partial charge < -0.3 is 14.3 Å². The molecule has 7 heteroatoms. The summed E-state index contributed by atoms with van der Waals surface area (Å²) in [7, 11) is 1.65. The second-order valence-electron chi connectivity index (χ2n) is 4.72. The Hall–Kier alpha value is -2.12. The average molecular weight is 315 g/mol. The van der Waals surface area contributed by atoms with Crippen molar-refractivity contribution in [3.05, 3.63) is 48.6 Å². The summed E-state index contributed by atoms with van der Waals surface area (Å²) in [6.45, 7) is 4.88. The Morgan fingerprint density at radius 2 is 2.23 bits per heavy atom. The number of imidazole rings is 1. The third kappa shape index (κ3) is 3.05. The van der Waals surface area contributed by atoms with Crippen molar-refractivity contribution in [3.63, 3.8) is 0 Å². The first-order valence-electron chi connectivity index (χ1n) is 6.90. The molecule has 1 N–H and O–H groups in total. The van der Waals surface area contributed by atoms with Crippen molar-refractivity contribution in [2.24, 2.45) is 0 Å². The van der Waals surface area contributed by atoms with Crippen molar-refractivity contribution in [2.45, 2.75) is 24.1 Å². The maximum atomic E-state index is 5.15. The van der Waals surface area contributed by atoms with Crippen LogP contribution in [0.3, 0.4) is 0 Å². The van der Waals surface area contributed by atoms with Crippen LogP contribution < -0.4 is 0 Å². The van der Waals surface area contributed by atoms with Crippen LogP contribution in [0.5, 0.6) is 0 Å². The van der Waals surface area contributed by atoms with Crippen molar-refractivity contribution in [1.29, 1.82) is 0 Å². The van der Waals surface area contributed by atoms with Crippen molar-refractivity contribution in [1.82, 2.24) is 24.7 Å². The van der Waals surface area contributed by atoms with Crippen LogP contribution >= 0.6 is 11.8 Å². The Kier molecular flexibility index (Phi) is 4.55. The molecular weight excluding hydrogens is 298 g/mol. The van der Waals surface area contributed by atoms with Gasteiger partial charge in [0.25, 0.3) is 0 Å². The van der Waals surface area contributed by atoms with Gasteiger partial charge in [-0.2, -0.15) is 0 Å². The van der Waals surface area contributed by atoms with E-state index in [-0.39, 0.29) is 0 Å². The van der Waals surface area contributed by atoms with E-state index in [1.807, 2.05) is 34.9 Å². The number of allylic oxidation sites excluding steroid dienone is 1. The molecule has 0 atom stereocenters. The summed E-state index contributed by atoms with van der Waals surface area (Å²) in [5.74, 6) is 2.43. The summed E-state index contributed by atoms with van der Waals surface area (Å²) < 4.78 is 7.15. The van der Waals surface area contributed by atoms with Crippen LogP contribution in [0.2, 0.25) is 0 Å². The fourth-order valence-electron chi connectivity index (χ4n) is 2.18. The van der Waals surface area contributed by atoms with Gasteiger partial charge in [0.2, 0.25) is 0 Å². The average Bonchev–Trinajstić information content (AvgIpc) is 3.10. The van der Waals surface area contributed by atoms with Crippen LogP contribution in [0.25, 0.3) is 11.0 Å². The number of H-pyrrole nitrogens is 1. The number of hydrogen-bond acceptors (Lipinski definition) is 5. The van der Waals surface area contributed by atoms with Gasteiger partial charge in [-0.15, -0.1) is 16.8 Å². The molecule has 0 unspecified atom stereocenters. The molecule has 0 spiro atoms. The standard InChI is InChI=1S/C15H17N5OS/c1-3-8-20-14(9-21-2)18-19-15(20)22-10-13-16-11-6-4-5-7-12(11)17-13/h3-7H,1,8-10H2,2H3,(H,16,17). The number of aromatic amines is 1. The Morgan fingerprint density at radius 3 is 3.00 bits per heavy atom. The maximum absolute atomic E-state index is 5.15. The first-order chi connectivity index (χ1) is 10.8. The molecule has 0 saturated heterocycles. The van der Waals surface area contributed by atoms with Gasteiger partial charge in [0.1, 0.15) is 12.4 Å². The lowest BCUT2D eigenvalue weighted by atomic mass is 10.3. The van der Waals surface area contributed by atoms with E-state index in [0.29, 0.717) is 18.9 Å². The molecule has 0 bridgehead atoms. The molecule has 22 heavy (non-hydrogen) atoms. The number of aromatic nitrogens is 5. The number of ether oxygens (including phenoxy) is 1. The Morgan fingerprint density at radius 1 is 1.36 bits per heavy atom. The summed E-state index contributed by atoms with van der Waals surface area (Å²) in [6, 6.07) is 8.00. The van der Waals surface area contributed by atoms with Crippen LogP contribution in [0.15, 0.2) is 42.1 Å². The number of benzene rings is 1. The maximum Gasteiger partial charge on any atom is 0.192 e. The molecule has 0 aliphatic carbocycles. The van der Waals surface area contributed by atoms with Gasteiger partial charge in [-0.25, -0.2) is 4.98 Å². The zero-order valence-corrected chi connectivity index (χ0v) is 13.1. The van der Waals surface area contributed by atoms with E-state index in [1.54, 1.807) is 18.9 Å². The van der Waals surface area contributed by atoms with Crippen molar-refractivity contribution in [2.75, 3.05) is 7.11 Å². The normalized spacial score (nSPS) is 11.1. The van der Waals surface area contributed by atoms with E-state index in [2.05, 4.69) is 26.7 Å². The summed E-state index contributed by atoms with van der Waals surface area (Å²) in [4.78, 5) is 7.88. The third-order valence-electron chi connectivity index (χ3n) is 3.15. The van der Waals surface area contributed by atoms with Gasteiger partial charge in [-0.3, -0.25) is 0 Å². The van der Waals surface area contributed by atoms with Crippen LogP contribution in [-0.4, -0.2) is 31.8 Å². The fraction of sp³-hybridized carbons (Fsp3) is 0.267. The van der Waals surface area contributed by atoms with E-state index in [1.165, 1.54) is 0 Å². The first-order valence-corrected chi connectivity index (χ1v) is 7.88. The number of para-hydroxylation sites is 2. The number of fused-ring (bicyclic) bond motifs is 1. The van der Waals surface area contributed by atoms with Crippen LogP contribution in [0, 0.1) is 0 Å². The van der Waals surface area contributed by atoms with Gasteiger partial charge in [-0.1, -0.05) is 30.0 Å². The van der Waals surface area contributed by atoms with E-state index in [0.717, 1.165) is 27.8 Å². The second-order valence-corrected chi connectivity index (χ2v) is 5.66. The van der Waals surface area contributed by atoms with E-state index in [9.17, 15) is 0 Å². The highest BCUT2D eigenvalue weighted by molar-refractivity contribution is 7.98. The molecule has 0 aliphatic rings. The lowest BCUT2D eigenvalue weighted by Gasteiger charge is -2.06. The molecule has 0 aliphatic heterocycles. The van der Waals surface area contributed by atoms with Crippen molar-refractivity contribution < 1.29 is 4.74 Å². The molecule has 0 radical (unpaired) electrons. The molecule has 0 fully saturated rings. The lowest BCUT2D eigenvalue weighted by Crippen LogP contribution is -2.05. The second kappa shape index (κ2) is 6.76. The predicted molar refractivity (Wildman–Crippen MR) is 86.6 cm³/mol. The zero-order valence-electron chi connectivity index (χ0n) is 12.3. The van der Waals surface area contributed by atoms with Crippen LogP contribution in [0.4, 0.5) is 0 Å². The van der Waals surface area contributed by atoms with Crippen molar-refractivity contribution in [3.8, 4) is 0 Å². The molecule has 3 aromatic rings. The third-order valence-corrected chi connectivity index (χ3v) is 4.13. The summed E-state index contributed by atoms with van der Waals surface area (Å²) in [6.07, 6.45) is 1.83. The quantitative estimate of drug-likeness (QED) is 0.536. The number of methoxy groups -OCH3 is 1. The minimum Gasteiger partial charge on any atom is -0.377 e. The van der Waals surface area contributed by atoms with Gasteiger partial charge in [-0.05, 0) is 12.1 Å². The number of rotatable bonds is 7. The number of hydrogen-bond donors (Lipinski definition) is 1. The monoisotopic (exact) mass is 315 g/mol. The van der Waals surface area contributed by atoms with Gasteiger partial charge in [0.15, 0.2) is 11.0 Å². The lowest BCUT2D eigenvalue weighted by molar-refractivity contribution is 0.174. The SMILES string of the molecule is C=CCn1c(COC)nnc1SCc1nc2ccccc2[nH]1. The minimum atomic E-state index is 0.437. The molecule has 114 valence electrons.